The summed E-state index contributed by atoms with van der Waals surface area (Å²) < 4.78 is 5.16. The molecule has 23 heavy (non-hydrogen) atoms. The molecular weight excluding hydrogens is 312 g/mol. The van der Waals surface area contributed by atoms with Crippen LogP contribution >= 0.6 is 11.3 Å². The number of phenols is 1. The Bertz CT molecular complexity index is 740. The van der Waals surface area contributed by atoms with Crippen molar-refractivity contribution in [2.45, 2.75) is 25.8 Å². The molecule has 1 aromatic heterocycles. The number of hydrogen-bond acceptors (Lipinski definition) is 5. The predicted octanol–water partition coefficient (Wildman–Crippen LogP) is 3.55. The van der Waals surface area contributed by atoms with E-state index in [9.17, 15) is 9.90 Å². The standard InChI is InChI=1S/C17H18N2O3S/c1-3-17(21)19-13(16-5-4-8-23-16)10-12(18-19)11-6-7-14(20)15(9-11)22-2/h4-9,13,20H,3,10H2,1-2H3/t13-/m1/s1. The number of amides is 1. The summed E-state index contributed by atoms with van der Waals surface area (Å²) in [6, 6.07) is 9.08. The molecule has 2 aromatic rings. The Kier molecular flexibility index (Phi) is 4.34. The smallest absolute Gasteiger partial charge is 0.243 e. The largest absolute Gasteiger partial charge is 0.504 e. The molecule has 0 aliphatic carbocycles. The number of ether oxygens (including phenoxy) is 1. The van der Waals surface area contributed by atoms with E-state index < -0.39 is 0 Å². The first kappa shape index (κ1) is 15.6. The molecule has 1 atom stereocenters. The van der Waals surface area contributed by atoms with Gasteiger partial charge >= 0.3 is 0 Å². The minimum atomic E-state index is -0.0581. The molecule has 1 aromatic carbocycles. The Labute approximate surface area is 138 Å². The molecule has 2 heterocycles. The van der Waals surface area contributed by atoms with Crippen LogP contribution in [0, 0.1) is 0 Å². The van der Waals surface area contributed by atoms with Gasteiger partial charge in [0.05, 0.1) is 18.9 Å². The lowest BCUT2D eigenvalue weighted by molar-refractivity contribution is -0.132. The van der Waals surface area contributed by atoms with E-state index in [0.29, 0.717) is 18.6 Å². The number of carbonyl (C=O) groups is 1. The number of methoxy groups -OCH3 is 1. The number of thiophene rings is 1. The molecule has 0 spiro atoms. The van der Waals surface area contributed by atoms with Crippen molar-refractivity contribution < 1.29 is 14.6 Å². The zero-order valence-electron chi connectivity index (χ0n) is 13.0. The minimum Gasteiger partial charge on any atom is -0.504 e. The maximum absolute atomic E-state index is 12.2. The Morgan fingerprint density at radius 3 is 2.96 bits per heavy atom. The molecule has 1 amide bonds. The van der Waals surface area contributed by atoms with Crippen molar-refractivity contribution in [3.05, 3.63) is 46.2 Å². The third kappa shape index (κ3) is 2.94. The van der Waals surface area contributed by atoms with E-state index in [0.717, 1.165) is 16.2 Å². The van der Waals surface area contributed by atoms with Gasteiger partial charge in [0.1, 0.15) is 0 Å². The molecule has 0 radical (unpaired) electrons. The van der Waals surface area contributed by atoms with Crippen LogP contribution in [0.3, 0.4) is 0 Å². The molecule has 6 heteroatoms. The maximum atomic E-state index is 12.2. The van der Waals surface area contributed by atoms with Crippen molar-refractivity contribution in [3.8, 4) is 11.5 Å². The summed E-state index contributed by atoms with van der Waals surface area (Å²) in [5.74, 6) is 0.494. The van der Waals surface area contributed by atoms with Gasteiger partial charge in [-0.3, -0.25) is 4.79 Å². The molecule has 0 saturated heterocycles. The van der Waals surface area contributed by atoms with Gasteiger partial charge in [-0.1, -0.05) is 13.0 Å². The molecule has 0 fully saturated rings. The highest BCUT2D eigenvalue weighted by atomic mass is 32.1. The Hall–Kier alpha value is -2.34. The summed E-state index contributed by atoms with van der Waals surface area (Å²) in [5, 5.41) is 17.9. The minimum absolute atomic E-state index is 0.00384. The fraction of sp³-hybridized carbons (Fsp3) is 0.294. The van der Waals surface area contributed by atoms with Gasteiger partial charge in [-0.15, -0.1) is 11.3 Å². The topological polar surface area (TPSA) is 62.1 Å². The van der Waals surface area contributed by atoms with Crippen LogP contribution in [0.25, 0.3) is 0 Å². The van der Waals surface area contributed by atoms with Crippen LogP contribution in [0.5, 0.6) is 11.5 Å². The third-order valence-electron chi connectivity index (χ3n) is 3.85. The SMILES string of the molecule is CCC(=O)N1N=C(c2ccc(O)c(OC)c2)C[C@@H]1c1cccs1. The van der Waals surface area contributed by atoms with Gasteiger partial charge in [-0.2, -0.15) is 5.10 Å². The number of nitrogens with zero attached hydrogens (tertiary/aromatic N) is 2. The van der Waals surface area contributed by atoms with Gasteiger partial charge in [-0.05, 0) is 29.6 Å². The number of hydrogen-bond donors (Lipinski definition) is 1. The van der Waals surface area contributed by atoms with Crippen molar-refractivity contribution in [3.63, 3.8) is 0 Å². The predicted molar refractivity (Wildman–Crippen MR) is 90.0 cm³/mol. The summed E-state index contributed by atoms with van der Waals surface area (Å²) in [6.07, 6.45) is 1.07. The van der Waals surface area contributed by atoms with Crippen molar-refractivity contribution in [2.75, 3.05) is 7.11 Å². The monoisotopic (exact) mass is 330 g/mol. The first-order chi connectivity index (χ1) is 11.1. The molecule has 3 rings (SSSR count). The fourth-order valence-electron chi connectivity index (χ4n) is 2.64. The van der Waals surface area contributed by atoms with Crippen molar-refractivity contribution in [1.29, 1.82) is 0 Å². The first-order valence-corrected chi connectivity index (χ1v) is 8.32. The average Bonchev–Trinajstić information content (AvgIpc) is 3.23. The summed E-state index contributed by atoms with van der Waals surface area (Å²) in [7, 11) is 1.51. The number of carbonyl (C=O) groups excluding carboxylic acids is 1. The molecule has 5 nitrogen and oxygen atoms in total. The lowest BCUT2D eigenvalue weighted by Gasteiger charge is -2.19. The highest BCUT2D eigenvalue weighted by Crippen LogP contribution is 2.36. The van der Waals surface area contributed by atoms with Crippen molar-refractivity contribution >= 4 is 23.0 Å². The Balaban J connectivity index is 1.95. The second kappa shape index (κ2) is 6.42. The van der Waals surface area contributed by atoms with Gasteiger partial charge < -0.3 is 9.84 Å². The molecule has 120 valence electrons. The zero-order chi connectivity index (χ0) is 16.4. The van der Waals surface area contributed by atoms with E-state index in [-0.39, 0.29) is 17.7 Å². The van der Waals surface area contributed by atoms with Crippen LogP contribution in [0.15, 0.2) is 40.8 Å². The van der Waals surface area contributed by atoms with E-state index in [1.807, 2.05) is 24.4 Å². The van der Waals surface area contributed by atoms with E-state index >= 15 is 0 Å². The molecule has 0 saturated carbocycles. The number of benzene rings is 1. The summed E-state index contributed by atoms with van der Waals surface area (Å²) in [5.41, 5.74) is 1.68. The van der Waals surface area contributed by atoms with Crippen LogP contribution in [-0.4, -0.2) is 28.8 Å². The van der Waals surface area contributed by atoms with Gasteiger partial charge in [0.2, 0.25) is 5.91 Å². The number of phenolic OH excluding ortho intramolecular Hbond substituents is 1. The summed E-state index contributed by atoms with van der Waals surface area (Å²) in [6.45, 7) is 1.84. The van der Waals surface area contributed by atoms with Crippen LogP contribution < -0.4 is 4.74 Å². The van der Waals surface area contributed by atoms with Crippen LogP contribution in [0.2, 0.25) is 0 Å². The first-order valence-electron chi connectivity index (χ1n) is 7.44. The van der Waals surface area contributed by atoms with Gasteiger partial charge in [0.25, 0.3) is 0 Å². The average molecular weight is 330 g/mol. The van der Waals surface area contributed by atoms with Gasteiger partial charge in [-0.25, -0.2) is 5.01 Å². The third-order valence-corrected chi connectivity index (χ3v) is 4.83. The van der Waals surface area contributed by atoms with E-state index in [1.165, 1.54) is 7.11 Å². The van der Waals surface area contributed by atoms with Gasteiger partial charge in [0.15, 0.2) is 11.5 Å². The molecule has 1 N–H and O–H groups in total. The lowest BCUT2D eigenvalue weighted by Crippen LogP contribution is -2.25. The summed E-state index contributed by atoms with van der Waals surface area (Å²) in [4.78, 5) is 13.4. The summed E-state index contributed by atoms with van der Waals surface area (Å²) >= 11 is 1.63. The molecule has 0 unspecified atom stereocenters. The number of rotatable bonds is 4. The van der Waals surface area contributed by atoms with Crippen LogP contribution in [-0.2, 0) is 4.79 Å². The molecule has 1 aliphatic rings. The lowest BCUT2D eigenvalue weighted by atomic mass is 10.0. The van der Waals surface area contributed by atoms with E-state index in [1.54, 1.807) is 34.5 Å². The second-order valence-corrected chi connectivity index (χ2v) is 6.24. The molecule has 1 aliphatic heterocycles. The van der Waals surface area contributed by atoms with E-state index in [2.05, 4.69) is 5.10 Å². The normalized spacial score (nSPS) is 17.2. The Morgan fingerprint density at radius 2 is 2.30 bits per heavy atom. The second-order valence-electron chi connectivity index (χ2n) is 5.26. The number of aromatic hydroxyl groups is 1. The quantitative estimate of drug-likeness (QED) is 0.932. The number of hydrazone groups is 1. The van der Waals surface area contributed by atoms with Crippen molar-refractivity contribution in [2.24, 2.45) is 5.10 Å². The van der Waals surface area contributed by atoms with Crippen molar-refractivity contribution in [1.82, 2.24) is 5.01 Å². The highest BCUT2D eigenvalue weighted by Gasteiger charge is 2.33. The molecule has 0 bridgehead atoms. The van der Waals surface area contributed by atoms with Crippen LogP contribution in [0.4, 0.5) is 0 Å². The highest BCUT2D eigenvalue weighted by molar-refractivity contribution is 7.10. The fourth-order valence-corrected chi connectivity index (χ4v) is 3.45. The van der Waals surface area contributed by atoms with E-state index in [4.69, 9.17) is 4.74 Å². The zero-order valence-corrected chi connectivity index (χ0v) is 13.8. The Morgan fingerprint density at radius 1 is 1.48 bits per heavy atom. The maximum Gasteiger partial charge on any atom is 0.243 e. The van der Waals surface area contributed by atoms with Gasteiger partial charge in [0, 0.05) is 23.3 Å². The molecular formula is C17H18N2O3S. The van der Waals surface area contributed by atoms with Crippen LogP contribution in [0.1, 0.15) is 36.2 Å².